The fraction of sp³-hybridized carbons (Fsp3) is 0.393. The van der Waals surface area contributed by atoms with Crippen LogP contribution in [0.5, 0.6) is 5.75 Å². The quantitative estimate of drug-likeness (QED) is 0.269. The third-order valence-corrected chi connectivity index (χ3v) is 7.73. The number of fused-ring (bicyclic) bond motifs is 1. The summed E-state index contributed by atoms with van der Waals surface area (Å²) in [6.07, 6.45) is 5.01. The Balaban J connectivity index is 1.41. The van der Waals surface area contributed by atoms with E-state index in [1.54, 1.807) is 25.6 Å². The van der Waals surface area contributed by atoms with Gasteiger partial charge in [0, 0.05) is 55.4 Å². The van der Waals surface area contributed by atoms with E-state index in [0.29, 0.717) is 59.4 Å². The number of nitrogens with one attached hydrogen (secondary N) is 2. The second kappa shape index (κ2) is 11.9. The Morgan fingerprint density at radius 3 is 2.73 bits per heavy atom. The highest BCUT2D eigenvalue weighted by molar-refractivity contribution is 6.41. The minimum Gasteiger partial charge on any atom is -0.496 e. The van der Waals surface area contributed by atoms with Gasteiger partial charge in [-0.1, -0.05) is 11.6 Å². The molecule has 2 amide bonds. The normalized spacial score (nSPS) is 16.4. The molecule has 13 heteroatoms. The van der Waals surface area contributed by atoms with Crippen molar-refractivity contribution in [2.75, 3.05) is 57.1 Å². The largest absolute Gasteiger partial charge is 0.496 e. The first-order chi connectivity index (χ1) is 19.7. The topological polar surface area (TPSA) is 152 Å². The van der Waals surface area contributed by atoms with Crippen LogP contribution in [0.15, 0.2) is 12.4 Å². The number of halogens is 1. The molecule has 2 aliphatic rings. The van der Waals surface area contributed by atoms with Gasteiger partial charge in [0.2, 0.25) is 5.95 Å². The number of carbonyl (C=O) groups is 2. The number of nitrogens with zero attached hydrogens (tertiary/aromatic N) is 5. The van der Waals surface area contributed by atoms with Gasteiger partial charge in [0.25, 0.3) is 11.8 Å². The number of nitrogen functional groups attached to an aromatic ring is 1. The van der Waals surface area contributed by atoms with Crippen molar-refractivity contribution in [2.24, 2.45) is 0 Å². The van der Waals surface area contributed by atoms with Crippen molar-refractivity contribution < 1.29 is 19.1 Å². The third-order valence-electron chi connectivity index (χ3n) is 7.45. The maximum Gasteiger partial charge on any atom is 0.260 e. The fourth-order valence-corrected chi connectivity index (χ4v) is 5.44. The van der Waals surface area contributed by atoms with Gasteiger partial charge < -0.3 is 25.5 Å². The zero-order chi connectivity index (χ0) is 29.3. The van der Waals surface area contributed by atoms with Gasteiger partial charge in [0.15, 0.2) is 5.82 Å². The molecule has 0 spiro atoms. The molecule has 0 atom stereocenters. The van der Waals surface area contributed by atoms with Gasteiger partial charge in [-0.2, -0.15) is 4.98 Å². The number of hydrogen-bond acceptors (Lipinski definition) is 9. The number of anilines is 2. The average molecular weight is 581 g/mol. The molecule has 1 fully saturated rings. The molecule has 12 nitrogen and oxygen atoms in total. The van der Waals surface area contributed by atoms with Crippen molar-refractivity contribution in [2.45, 2.75) is 27.3 Å². The number of aryl methyl sites for hydroxylation is 1. The highest BCUT2D eigenvalue weighted by Crippen LogP contribution is 2.42. The maximum absolute atomic E-state index is 13.8. The first-order valence-electron chi connectivity index (χ1n) is 13.3. The lowest BCUT2D eigenvalue weighted by Crippen LogP contribution is -2.41. The highest BCUT2D eigenvalue weighted by atomic mass is 35.5. The number of nitrogens with two attached hydrogens (primary N) is 1. The summed E-state index contributed by atoms with van der Waals surface area (Å²) >= 11 is 6.51. The summed E-state index contributed by atoms with van der Waals surface area (Å²) in [7, 11) is 1.60. The molecule has 0 aliphatic carbocycles. The summed E-state index contributed by atoms with van der Waals surface area (Å²) in [6.45, 7) is 10.1. The minimum atomic E-state index is -0.340. The summed E-state index contributed by atoms with van der Waals surface area (Å²) in [5.74, 6) is 0.417. The second-order valence-electron chi connectivity index (χ2n) is 10.0. The van der Waals surface area contributed by atoms with Crippen LogP contribution >= 0.6 is 11.6 Å². The van der Waals surface area contributed by atoms with Crippen molar-refractivity contribution in [3.05, 3.63) is 56.8 Å². The van der Waals surface area contributed by atoms with Gasteiger partial charge in [-0.25, -0.2) is 4.98 Å². The predicted octanol–water partition coefficient (Wildman–Crippen LogP) is 2.52. The number of hydrogen-bond donors (Lipinski definition) is 3. The Kier molecular flexibility index (Phi) is 8.25. The number of amides is 2. The standard InChI is InChI=1S/C28H33ClN8O4/c1-15-12-32-21(17(3)23(15)40-4)14-37-25-22(24(29)34-28(30)35-25)18(27(37)39)11-20-16(2)19(13-33-20)26(38)31-5-6-36-7-9-41-10-8-36/h11-13,33H,5-10,14H2,1-4H3,(H,31,38)(H2,30,34,35)/b18-11-. The van der Waals surface area contributed by atoms with Gasteiger partial charge in [-0.3, -0.25) is 24.4 Å². The van der Waals surface area contributed by atoms with Crippen LogP contribution in [-0.2, 0) is 16.1 Å². The van der Waals surface area contributed by atoms with Crippen molar-refractivity contribution >= 4 is 46.8 Å². The van der Waals surface area contributed by atoms with Crippen LogP contribution in [0.3, 0.4) is 0 Å². The Morgan fingerprint density at radius 2 is 2.00 bits per heavy atom. The highest BCUT2D eigenvalue weighted by Gasteiger charge is 2.38. The number of aromatic nitrogens is 4. The third kappa shape index (κ3) is 5.63. The molecule has 216 valence electrons. The summed E-state index contributed by atoms with van der Waals surface area (Å²) < 4.78 is 10.9. The van der Waals surface area contributed by atoms with E-state index in [0.717, 1.165) is 30.8 Å². The van der Waals surface area contributed by atoms with Crippen molar-refractivity contribution in [1.82, 2.24) is 30.2 Å². The van der Waals surface area contributed by atoms with Gasteiger partial charge >= 0.3 is 0 Å². The molecule has 0 aromatic carbocycles. The van der Waals surface area contributed by atoms with Crippen LogP contribution in [0.4, 0.5) is 11.8 Å². The first-order valence-corrected chi connectivity index (χ1v) is 13.7. The number of pyridine rings is 1. The van der Waals surface area contributed by atoms with E-state index in [9.17, 15) is 9.59 Å². The predicted molar refractivity (Wildman–Crippen MR) is 156 cm³/mol. The molecule has 3 aromatic heterocycles. The van der Waals surface area contributed by atoms with Gasteiger partial charge in [-0.05, 0) is 32.4 Å². The molecule has 0 saturated carbocycles. The number of carbonyl (C=O) groups excluding carboxylic acids is 2. The zero-order valence-corrected chi connectivity index (χ0v) is 24.3. The summed E-state index contributed by atoms with van der Waals surface area (Å²) in [4.78, 5) is 46.6. The number of methoxy groups -OCH3 is 1. The summed E-state index contributed by atoms with van der Waals surface area (Å²) in [5.41, 5.74) is 10.7. The Hall–Kier alpha value is -4.00. The Morgan fingerprint density at radius 1 is 1.24 bits per heavy atom. The lowest BCUT2D eigenvalue weighted by molar-refractivity contribution is -0.113. The molecule has 5 heterocycles. The lowest BCUT2D eigenvalue weighted by atomic mass is 10.1. The molecular weight excluding hydrogens is 548 g/mol. The maximum atomic E-state index is 13.8. The summed E-state index contributed by atoms with van der Waals surface area (Å²) in [5, 5.41) is 3.04. The molecule has 41 heavy (non-hydrogen) atoms. The van der Waals surface area contributed by atoms with Gasteiger partial charge in [0.05, 0.1) is 49.3 Å². The molecule has 0 unspecified atom stereocenters. The smallest absolute Gasteiger partial charge is 0.260 e. The van der Waals surface area contributed by atoms with Crippen LogP contribution in [-0.4, -0.2) is 83.2 Å². The zero-order valence-electron chi connectivity index (χ0n) is 23.5. The SMILES string of the molecule is COc1c(C)cnc(CN2C(=O)/C(=C\c3[nH]cc(C(=O)NCCN4CCOCC4)c3C)c3c(Cl)nc(N)nc32)c1C. The van der Waals surface area contributed by atoms with E-state index >= 15 is 0 Å². The lowest BCUT2D eigenvalue weighted by Gasteiger charge is -2.26. The Labute approximate surface area is 242 Å². The van der Waals surface area contributed by atoms with Gasteiger partial charge in [0.1, 0.15) is 10.9 Å². The Bertz CT molecular complexity index is 1530. The van der Waals surface area contributed by atoms with Crippen LogP contribution < -0.4 is 20.7 Å². The molecule has 3 aromatic rings. The van der Waals surface area contributed by atoms with Gasteiger partial charge in [-0.15, -0.1) is 0 Å². The molecule has 0 radical (unpaired) electrons. The second-order valence-corrected chi connectivity index (χ2v) is 10.4. The molecular formula is C28H33ClN8O4. The molecule has 1 saturated heterocycles. The number of morpholine rings is 1. The average Bonchev–Trinajstić information content (AvgIpc) is 3.43. The molecule has 0 bridgehead atoms. The van der Waals surface area contributed by atoms with Crippen molar-refractivity contribution in [1.29, 1.82) is 0 Å². The summed E-state index contributed by atoms with van der Waals surface area (Å²) in [6, 6.07) is 0. The monoisotopic (exact) mass is 580 g/mol. The number of ether oxygens (including phenoxy) is 2. The van der Waals surface area contributed by atoms with E-state index in [1.807, 2.05) is 20.8 Å². The fourth-order valence-electron chi connectivity index (χ4n) is 5.16. The number of rotatable bonds is 8. The van der Waals surface area contributed by atoms with Crippen molar-refractivity contribution in [3.63, 3.8) is 0 Å². The minimum absolute atomic E-state index is 0.0499. The number of H-pyrrole nitrogens is 1. The van der Waals surface area contributed by atoms with Crippen LogP contribution in [0.1, 0.15) is 44.0 Å². The number of aromatic amines is 1. The van der Waals surface area contributed by atoms with Crippen LogP contribution in [0, 0.1) is 20.8 Å². The van der Waals surface area contributed by atoms with E-state index in [-0.39, 0.29) is 35.0 Å². The van der Waals surface area contributed by atoms with E-state index in [2.05, 4.69) is 30.2 Å². The molecule has 5 rings (SSSR count). The van der Waals surface area contributed by atoms with Crippen LogP contribution in [0.2, 0.25) is 5.15 Å². The van der Waals surface area contributed by atoms with E-state index in [4.69, 9.17) is 26.8 Å². The molecule has 4 N–H and O–H groups in total. The molecule has 2 aliphatic heterocycles. The van der Waals surface area contributed by atoms with E-state index < -0.39 is 0 Å². The van der Waals surface area contributed by atoms with Crippen LogP contribution in [0.25, 0.3) is 11.6 Å². The first kappa shape index (κ1) is 28.5. The van der Waals surface area contributed by atoms with Crippen molar-refractivity contribution in [3.8, 4) is 5.75 Å². The van der Waals surface area contributed by atoms with E-state index in [1.165, 1.54) is 4.90 Å².